The molecule has 0 spiro atoms. The minimum absolute atomic E-state index is 0.0465. The first kappa shape index (κ1) is 35.8. The molecule has 0 bridgehead atoms. The molecule has 0 saturated carbocycles. The third kappa shape index (κ3) is 9.84. The highest BCUT2D eigenvalue weighted by molar-refractivity contribution is 7.15. The van der Waals surface area contributed by atoms with Crippen molar-refractivity contribution in [2.45, 2.75) is 38.0 Å². The Labute approximate surface area is 251 Å². The molecule has 14 heteroatoms. The van der Waals surface area contributed by atoms with Crippen molar-refractivity contribution in [3.8, 4) is 24.3 Å². The number of methoxy groups -OCH3 is 1. The number of nitrogens with two attached hydrogens (primary N) is 1. The summed E-state index contributed by atoms with van der Waals surface area (Å²) in [6.07, 6.45) is -4.94. The second-order valence-electron chi connectivity index (χ2n) is 8.78. The van der Waals surface area contributed by atoms with Crippen LogP contribution in [0.5, 0.6) is 11.5 Å². The lowest BCUT2D eigenvalue weighted by Crippen LogP contribution is -2.33. The number of aryl methyl sites for hydroxylation is 1. The summed E-state index contributed by atoms with van der Waals surface area (Å²) < 4.78 is 125. The fourth-order valence-electron chi connectivity index (χ4n) is 3.90. The summed E-state index contributed by atoms with van der Waals surface area (Å²) in [5.74, 6) is -2.97. The van der Waals surface area contributed by atoms with Crippen LogP contribution in [0.15, 0.2) is 66.7 Å². The molecule has 0 aliphatic rings. The van der Waals surface area contributed by atoms with Crippen LogP contribution < -0.4 is 15.2 Å². The van der Waals surface area contributed by atoms with Gasteiger partial charge in [0.2, 0.25) is 0 Å². The van der Waals surface area contributed by atoms with Gasteiger partial charge in [0.15, 0.2) is 22.4 Å². The van der Waals surface area contributed by atoms with E-state index in [-0.39, 0.29) is 21.3 Å². The number of rotatable bonds is 8. The number of benzene rings is 3. The highest BCUT2D eigenvalue weighted by Crippen LogP contribution is 2.36. The minimum atomic E-state index is -4.78. The number of nitrogens with zero attached hydrogens (tertiary/aromatic N) is 1. The third-order valence-electron chi connectivity index (χ3n) is 5.75. The zero-order chi connectivity index (χ0) is 33.2. The monoisotopic (exact) mass is 648 g/mol. The van der Waals surface area contributed by atoms with E-state index in [0.717, 1.165) is 29.0 Å². The van der Waals surface area contributed by atoms with E-state index < -0.39 is 47.7 Å². The lowest BCUT2D eigenvalue weighted by Gasteiger charge is -2.22. The fourth-order valence-corrected chi connectivity index (χ4v) is 4.61. The van der Waals surface area contributed by atoms with E-state index in [9.17, 15) is 39.5 Å². The van der Waals surface area contributed by atoms with Crippen molar-refractivity contribution in [2.24, 2.45) is 0 Å². The van der Waals surface area contributed by atoms with Crippen molar-refractivity contribution < 1.29 is 49.0 Å². The average Bonchev–Trinajstić information content (AvgIpc) is 3.32. The Kier molecular flexibility index (Phi) is 12.5. The molecule has 2 N–H and O–H groups in total. The molecular formula is C30H25F9N2O2S. The van der Waals surface area contributed by atoms with Crippen LogP contribution in [0.3, 0.4) is 0 Å². The molecule has 4 nitrogen and oxygen atoms in total. The number of aromatic nitrogens is 1. The van der Waals surface area contributed by atoms with Crippen LogP contribution >= 0.6 is 11.3 Å². The average molecular weight is 649 g/mol. The predicted octanol–water partition coefficient (Wildman–Crippen LogP) is 8.89. The Morgan fingerprint density at radius 3 is 2.05 bits per heavy atom. The molecule has 0 saturated heterocycles. The largest absolute Gasteiger partial charge is 0.494 e. The van der Waals surface area contributed by atoms with Gasteiger partial charge in [0.1, 0.15) is 11.6 Å². The van der Waals surface area contributed by atoms with E-state index in [4.69, 9.17) is 10.5 Å². The van der Waals surface area contributed by atoms with E-state index in [1.165, 1.54) is 32.2 Å². The molecule has 236 valence electrons. The molecule has 0 radical (unpaired) electrons. The van der Waals surface area contributed by atoms with Gasteiger partial charge in [-0.15, -0.1) is 24.2 Å². The second kappa shape index (κ2) is 15.4. The van der Waals surface area contributed by atoms with Gasteiger partial charge in [-0.3, -0.25) is 0 Å². The lowest BCUT2D eigenvalue weighted by atomic mass is 9.85. The van der Waals surface area contributed by atoms with Gasteiger partial charge >= 0.3 is 18.7 Å². The molecule has 3 aromatic carbocycles. The summed E-state index contributed by atoms with van der Waals surface area (Å²) >= 11 is 0.843. The lowest BCUT2D eigenvalue weighted by molar-refractivity contribution is -0.253. The first-order valence-electron chi connectivity index (χ1n) is 12.3. The maximum atomic E-state index is 14.2. The van der Waals surface area contributed by atoms with E-state index in [2.05, 4.69) is 22.6 Å². The number of nitrogen functional groups attached to an aromatic ring is 1. The van der Waals surface area contributed by atoms with Crippen LogP contribution in [0, 0.1) is 31.4 Å². The standard InChI is InChI=1S/C23H18F6O2.C5H5F3N2S.C2H2/c1-30-21-12-15(7-8-20(21)25)19(9-14-5-3-2-4-6-14)16-10-17(24)13-18(11-16)31-23(28,29)22(26)27;1-2-3(5(6,7)8)10-4(9)11-2;1-2/h2-8,10-13,19,22H,9H2,1H3;1H3,(H2,9,10);1-2H/t19-;;/m1../s1. The third-order valence-corrected chi connectivity index (χ3v) is 6.55. The minimum Gasteiger partial charge on any atom is -0.494 e. The van der Waals surface area contributed by atoms with Crippen LogP contribution in [0.25, 0.3) is 0 Å². The van der Waals surface area contributed by atoms with Crippen LogP contribution in [-0.2, 0) is 12.6 Å². The topological polar surface area (TPSA) is 57.4 Å². The SMILES string of the molecule is C#C.COc1cc([C@@H](Cc2ccccc2)c2cc(F)cc(OC(F)(F)C(F)F)c2)ccc1F.Cc1sc(N)nc1C(F)(F)F. The number of alkyl halides is 7. The molecule has 0 amide bonds. The summed E-state index contributed by atoms with van der Waals surface area (Å²) in [7, 11) is 1.29. The molecule has 44 heavy (non-hydrogen) atoms. The summed E-state index contributed by atoms with van der Waals surface area (Å²) in [6, 6.07) is 15.8. The zero-order valence-electron chi connectivity index (χ0n) is 23.0. The van der Waals surface area contributed by atoms with Gasteiger partial charge in [-0.2, -0.15) is 30.7 Å². The molecule has 0 fully saturated rings. The quantitative estimate of drug-likeness (QED) is 0.153. The van der Waals surface area contributed by atoms with Crippen molar-refractivity contribution in [3.63, 3.8) is 0 Å². The van der Waals surface area contributed by atoms with Crippen LogP contribution in [0.2, 0.25) is 0 Å². The summed E-state index contributed by atoms with van der Waals surface area (Å²) in [6.45, 7) is 1.34. The number of ether oxygens (including phenoxy) is 2. The Morgan fingerprint density at radius 2 is 1.55 bits per heavy atom. The van der Waals surface area contributed by atoms with Crippen molar-refractivity contribution in [1.29, 1.82) is 0 Å². The van der Waals surface area contributed by atoms with Crippen molar-refractivity contribution in [3.05, 3.63) is 106 Å². The zero-order valence-corrected chi connectivity index (χ0v) is 23.8. The van der Waals surface area contributed by atoms with Gasteiger partial charge in [0, 0.05) is 16.9 Å². The maximum absolute atomic E-state index is 14.2. The summed E-state index contributed by atoms with van der Waals surface area (Å²) in [5, 5.41) is -0.0465. The Hall–Kier alpha value is -4.38. The van der Waals surface area contributed by atoms with Crippen molar-refractivity contribution in [1.82, 2.24) is 4.98 Å². The molecular weight excluding hydrogens is 623 g/mol. The highest BCUT2D eigenvalue weighted by atomic mass is 32.1. The van der Waals surface area contributed by atoms with E-state index in [0.29, 0.717) is 18.1 Å². The highest BCUT2D eigenvalue weighted by Gasteiger charge is 2.44. The summed E-state index contributed by atoms with van der Waals surface area (Å²) in [4.78, 5) is 3.26. The van der Waals surface area contributed by atoms with Crippen LogP contribution in [0.1, 0.15) is 33.2 Å². The van der Waals surface area contributed by atoms with Gasteiger partial charge in [-0.1, -0.05) is 36.4 Å². The Morgan fingerprint density at radius 1 is 0.909 bits per heavy atom. The van der Waals surface area contributed by atoms with Gasteiger partial charge in [0.05, 0.1) is 7.11 Å². The number of thiazole rings is 1. The first-order valence-corrected chi connectivity index (χ1v) is 13.1. The van der Waals surface area contributed by atoms with Gasteiger partial charge in [0.25, 0.3) is 0 Å². The van der Waals surface area contributed by atoms with Crippen LogP contribution in [-0.4, -0.2) is 24.6 Å². The van der Waals surface area contributed by atoms with Gasteiger partial charge in [-0.05, 0) is 54.3 Å². The number of anilines is 1. The van der Waals surface area contributed by atoms with E-state index in [1.54, 1.807) is 18.2 Å². The van der Waals surface area contributed by atoms with Gasteiger partial charge in [-0.25, -0.2) is 13.8 Å². The smallest absolute Gasteiger partial charge is 0.461 e. The van der Waals surface area contributed by atoms with Crippen LogP contribution in [0.4, 0.5) is 44.6 Å². The number of halogens is 9. The number of terminal acetylenes is 1. The molecule has 4 rings (SSSR count). The second-order valence-corrected chi connectivity index (χ2v) is 10.0. The van der Waals surface area contributed by atoms with Crippen molar-refractivity contribution in [2.75, 3.05) is 12.8 Å². The van der Waals surface area contributed by atoms with E-state index in [1.807, 2.05) is 12.1 Å². The molecule has 4 aromatic rings. The fraction of sp³-hybridized carbons (Fsp3) is 0.233. The molecule has 1 atom stereocenters. The maximum Gasteiger partial charge on any atom is 0.461 e. The number of hydrogen-bond acceptors (Lipinski definition) is 5. The normalized spacial score (nSPS) is 12.0. The first-order chi connectivity index (χ1) is 20.6. The molecule has 0 unspecified atom stereocenters. The Balaban J connectivity index is 0.000000434. The van der Waals surface area contributed by atoms with E-state index >= 15 is 0 Å². The summed E-state index contributed by atoms with van der Waals surface area (Å²) in [5.41, 5.74) is 5.75. The molecule has 0 aliphatic heterocycles. The van der Waals surface area contributed by atoms with Gasteiger partial charge < -0.3 is 15.2 Å². The molecule has 1 aromatic heterocycles. The number of hydrogen-bond donors (Lipinski definition) is 1. The molecule has 0 aliphatic carbocycles. The van der Waals surface area contributed by atoms with Crippen molar-refractivity contribution >= 4 is 16.5 Å². The predicted molar refractivity (Wildman–Crippen MR) is 149 cm³/mol. The Bertz CT molecular complexity index is 1520. The molecule has 1 heterocycles.